The average molecular weight is 246 g/mol. The van der Waals surface area contributed by atoms with E-state index in [1.165, 1.54) is 25.9 Å². The Bertz CT molecular complexity index is 421. The number of para-hydroxylation sites is 1. The molecule has 2 atom stereocenters. The first kappa shape index (κ1) is 12.0. The summed E-state index contributed by atoms with van der Waals surface area (Å²) >= 11 is 0. The number of nitrogens with zero attached hydrogens (tertiary/aromatic N) is 2. The van der Waals surface area contributed by atoms with Crippen molar-refractivity contribution in [3.63, 3.8) is 0 Å². The normalized spacial score (nSPS) is 27.1. The molecular formula is C15H22N2O. The van der Waals surface area contributed by atoms with E-state index in [-0.39, 0.29) is 0 Å². The van der Waals surface area contributed by atoms with Crippen LogP contribution in [0.2, 0.25) is 0 Å². The molecule has 3 heteroatoms. The van der Waals surface area contributed by atoms with E-state index in [4.69, 9.17) is 0 Å². The Balaban J connectivity index is 1.73. The first-order valence-electron chi connectivity index (χ1n) is 7.01. The third kappa shape index (κ3) is 2.13. The van der Waals surface area contributed by atoms with E-state index in [2.05, 4.69) is 16.7 Å². The van der Waals surface area contributed by atoms with Gasteiger partial charge in [0, 0.05) is 37.3 Å². The maximum absolute atomic E-state index is 9.96. The lowest BCUT2D eigenvalue weighted by atomic mass is 10.0. The molecule has 0 saturated carbocycles. The third-order valence-electron chi connectivity index (χ3n) is 4.55. The summed E-state index contributed by atoms with van der Waals surface area (Å²) < 4.78 is 0. The van der Waals surface area contributed by atoms with Gasteiger partial charge in [0.25, 0.3) is 0 Å². The molecule has 2 unspecified atom stereocenters. The maximum Gasteiger partial charge on any atom is 0.120 e. The Kier molecular flexibility index (Phi) is 3.27. The Morgan fingerprint density at radius 1 is 1.22 bits per heavy atom. The number of piperazine rings is 1. The maximum atomic E-state index is 9.96. The Morgan fingerprint density at radius 3 is 2.89 bits per heavy atom. The van der Waals surface area contributed by atoms with E-state index >= 15 is 0 Å². The summed E-state index contributed by atoms with van der Waals surface area (Å²) in [7, 11) is 0. The molecule has 2 aliphatic heterocycles. The van der Waals surface area contributed by atoms with Crippen molar-refractivity contribution in [1.82, 2.24) is 9.80 Å². The molecule has 0 aromatic heterocycles. The molecule has 0 aliphatic carbocycles. The average Bonchev–Trinajstić information content (AvgIpc) is 2.85. The molecule has 1 aromatic rings. The van der Waals surface area contributed by atoms with Gasteiger partial charge in [0.2, 0.25) is 0 Å². The first-order valence-corrected chi connectivity index (χ1v) is 7.01. The molecule has 0 radical (unpaired) electrons. The number of hydrogen-bond donors (Lipinski definition) is 1. The van der Waals surface area contributed by atoms with Crippen LogP contribution in [0.4, 0.5) is 0 Å². The van der Waals surface area contributed by atoms with Gasteiger partial charge in [0.05, 0.1) is 0 Å². The number of rotatable bonds is 2. The molecule has 0 amide bonds. The van der Waals surface area contributed by atoms with E-state index in [0.29, 0.717) is 11.8 Å². The molecule has 3 rings (SSSR count). The van der Waals surface area contributed by atoms with Gasteiger partial charge in [-0.25, -0.2) is 0 Å². The predicted molar refractivity (Wildman–Crippen MR) is 72.7 cm³/mol. The van der Waals surface area contributed by atoms with Crippen molar-refractivity contribution in [2.24, 2.45) is 0 Å². The highest BCUT2D eigenvalue weighted by atomic mass is 16.3. The molecule has 2 heterocycles. The molecule has 2 aliphatic rings. The summed E-state index contributed by atoms with van der Waals surface area (Å²) in [5.41, 5.74) is 1.06. The van der Waals surface area contributed by atoms with Crippen LogP contribution in [0.25, 0.3) is 0 Å². The predicted octanol–water partition coefficient (Wildman–Crippen LogP) is 2.23. The number of phenols is 1. The number of phenolic OH excluding ortho intramolecular Hbond substituents is 1. The zero-order valence-corrected chi connectivity index (χ0v) is 11.0. The van der Waals surface area contributed by atoms with Gasteiger partial charge in [-0.2, -0.15) is 0 Å². The molecule has 0 spiro atoms. The van der Waals surface area contributed by atoms with E-state index < -0.39 is 0 Å². The Hall–Kier alpha value is -1.06. The second-order valence-electron chi connectivity index (χ2n) is 5.56. The quantitative estimate of drug-likeness (QED) is 0.867. The van der Waals surface area contributed by atoms with E-state index in [1.54, 1.807) is 6.07 Å². The Labute approximate surface area is 109 Å². The standard InChI is InChI=1S/C15H22N2O/c1-12(14-6-2-3-7-15(14)18)17-10-9-16-8-4-5-13(16)11-17/h2-3,6-7,12-13,18H,4-5,8-11H2,1H3. The topological polar surface area (TPSA) is 26.7 Å². The van der Waals surface area contributed by atoms with Gasteiger partial charge in [0.1, 0.15) is 5.75 Å². The SMILES string of the molecule is CC(c1ccccc1O)N1CCN2CCCC2C1. The zero-order valence-electron chi connectivity index (χ0n) is 11.0. The first-order chi connectivity index (χ1) is 8.75. The van der Waals surface area contributed by atoms with E-state index in [9.17, 15) is 5.11 Å². The summed E-state index contributed by atoms with van der Waals surface area (Å²) in [5.74, 6) is 0.429. The van der Waals surface area contributed by atoms with Crippen LogP contribution in [0.3, 0.4) is 0 Å². The minimum Gasteiger partial charge on any atom is -0.508 e. The number of fused-ring (bicyclic) bond motifs is 1. The second kappa shape index (κ2) is 4.90. The van der Waals surface area contributed by atoms with Crippen LogP contribution in [-0.2, 0) is 0 Å². The van der Waals surface area contributed by atoms with Gasteiger partial charge in [-0.15, -0.1) is 0 Å². The molecule has 1 N–H and O–H groups in total. The molecule has 2 fully saturated rings. The highest BCUT2D eigenvalue weighted by molar-refractivity contribution is 5.34. The highest BCUT2D eigenvalue weighted by Crippen LogP contribution is 2.31. The molecule has 98 valence electrons. The van der Waals surface area contributed by atoms with Crippen molar-refractivity contribution in [2.75, 3.05) is 26.2 Å². The van der Waals surface area contributed by atoms with E-state index in [0.717, 1.165) is 24.7 Å². The van der Waals surface area contributed by atoms with Gasteiger partial charge < -0.3 is 5.11 Å². The van der Waals surface area contributed by atoms with Crippen LogP contribution in [0.1, 0.15) is 31.4 Å². The fourth-order valence-electron chi connectivity index (χ4n) is 3.40. The van der Waals surface area contributed by atoms with Crippen LogP contribution >= 0.6 is 0 Å². The zero-order chi connectivity index (χ0) is 12.5. The minimum atomic E-state index is 0.314. The van der Waals surface area contributed by atoms with Crippen molar-refractivity contribution >= 4 is 0 Å². The van der Waals surface area contributed by atoms with Gasteiger partial charge in [-0.05, 0) is 32.4 Å². The summed E-state index contributed by atoms with van der Waals surface area (Å²) in [4.78, 5) is 5.13. The van der Waals surface area contributed by atoms with E-state index in [1.807, 2.05) is 18.2 Å². The molecule has 1 aromatic carbocycles. The van der Waals surface area contributed by atoms with Gasteiger partial charge >= 0.3 is 0 Å². The lowest BCUT2D eigenvalue weighted by Gasteiger charge is -2.40. The van der Waals surface area contributed by atoms with Crippen LogP contribution in [0.5, 0.6) is 5.75 Å². The summed E-state index contributed by atoms with van der Waals surface area (Å²) in [5, 5.41) is 9.96. The molecule has 3 nitrogen and oxygen atoms in total. The largest absolute Gasteiger partial charge is 0.508 e. The summed E-state index contributed by atoms with van der Waals surface area (Å²) in [6, 6.07) is 8.79. The summed E-state index contributed by atoms with van der Waals surface area (Å²) in [6.45, 7) is 6.94. The Morgan fingerprint density at radius 2 is 2.06 bits per heavy atom. The van der Waals surface area contributed by atoms with Crippen molar-refractivity contribution in [3.05, 3.63) is 29.8 Å². The van der Waals surface area contributed by atoms with Crippen LogP contribution < -0.4 is 0 Å². The molecular weight excluding hydrogens is 224 g/mol. The van der Waals surface area contributed by atoms with Crippen LogP contribution in [0.15, 0.2) is 24.3 Å². The monoisotopic (exact) mass is 246 g/mol. The fourth-order valence-corrected chi connectivity index (χ4v) is 3.40. The lowest BCUT2D eigenvalue weighted by molar-refractivity contribution is 0.0762. The lowest BCUT2D eigenvalue weighted by Crippen LogP contribution is -2.50. The van der Waals surface area contributed by atoms with Crippen molar-refractivity contribution in [1.29, 1.82) is 0 Å². The highest BCUT2D eigenvalue weighted by Gasteiger charge is 2.32. The smallest absolute Gasteiger partial charge is 0.120 e. The number of hydrogen-bond acceptors (Lipinski definition) is 3. The van der Waals surface area contributed by atoms with Crippen molar-refractivity contribution in [2.45, 2.75) is 31.8 Å². The van der Waals surface area contributed by atoms with Crippen LogP contribution in [-0.4, -0.2) is 47.1 Å². The number of aromatic hydroxyl groups is 1. The van der Waals surface area contributed by atoms with Gasteiger partial charge in [0.15, 0.2) is 0 Å². The molecule has 0 bridgehead atoms. The second-order valence-corrected chi connectivity index (χ2v) is 5.56. The summed E-state index contributed by atoms with van der Waals surface area (Å²) in [6.07, 6.45) is 2.69. The fraction of sp³-hybridized carbons (Fsp3) is 0.600. The van der Waals surface area contributed by atoms with Crippen molar-refractivity contribution in [3.8, 4) is 5.75 Å². The van der Waals surface area contributed by atoms with Gasteiger partial charge in [-0.3, -0.25) is 9.80 Å². The number of benzene rings is 1. The van der Waals surface area contributed by atoms with Gasteiger partial charge in [-0.1, -0.05) is 18.2 Å². The molecule has 2 saturated heterocycles. The minimum absolute atomic E-state index is 0.314. The van der Waals surface area contributed by atoms with Crippen molar-refractivity contribution < 1.29 is 5.11 Å². The third-order valence-corrected chi connectivity index (χ3v) is 4.55. The van der Waals surface area contributed by atoms with Crippen LogP contribution in [0, 0.1) is 0 Å². The molecule has 18 heavy (non-hydrogen) atoms.